The molecule has 1 heterocycles. The maximum Gasteiger partial charge on any atom is 0.239 e. The number of nitrogens with zero attached hydrogens (tertiary/aromatic N) is 4. The van der Waals surface area contributed by atoms with E-state index in [1.807, 2.05) is 50.4 Å². The number of hydrogen-bond acceptors (Lipinski definition) is 8. The number of nitriles is 2. The van der Waals surface area contributed by atoms with Crippen LogP contribution in [-0.4, -0.2) is 71.8 Å². The lowest BCUT2D eigenvalue weighted by Gasteiger charge is -2.31. The Hall–Kier alpha value is -4.58. The fraction of sp³-hybridized carbons (Fsp3) is 0.400. The number of amides is 3. The van der Waals surface area contributed by atoms with Crippen LogP contribution in [0.5, 0.6) is 0 Å². The van der Waals surface area contributed by atoms with Gasteiger partial charge in [-0.25, -0.2) is 0 Å². The molecule has 0 radical (unpaired) electrons. The highest BCUT2D eigenvalue weighted by Gasteiger charge is 2.21. The standard InChI is InChI=1S/C22H27N3O.C9H14N2OS.C4H6N2O/c1-2-23-20-9-6-10-21(16-20)24-22(26)17-25-13-11-19(12-14-25)15-18-7-4-3-5-8-18;1-4-11(7-5-6-10)9(12)8(2)13-3;1-4(7)6-3-2-5/h2-10,16,19,23H,1,11-15,17H2,(H,24,26);5,7-8H,4H2,1-3H3;3H2,1H3,(H,6,7)/b;7-5-;. The van der Waals surface area contributed by atoms with Crippen LogP contribution in [0.15, 0.2) is 79.7 Å². The van der Waals surface area contributed by atoms with Crippen molar-refractivity contribution in [1.29, 1.82) is 10.5 Å². The molecule has 46 heavy (non-hydrogen) atoms. The molecular weight excluding hydrogens is 598 g/mol. The third-order valence-electron chi connectivity index (χ3n) is 6.93. The Morgan fingerprint density at radius 1 is 1.11 bits per heavy atom. The highest BCUT2D eigenvalue weighted by Crippen LogP contribution is 2.22. The summed E-state index contributed by atoms with van der Waals surface area (Å²) in [5, 5.41) is 24.4. The summed E-state index contributed by atoms with van der Waals surface area (Å²) in [5.41, 5.74) is 3.14. The van der Waals surface area contributed by atoms with E-state index in [0.29, 0.717) is 13.1 Å². The number of carbonyl (C=O) groups is 3. The summed E-state index contributed by atoms with van der Waals surface area (Å²) in [7, 11) is 0. The number of benzene rings is 2. The van der Waals surface area contributed by atoms with Gasteiger partial charge in [0, 0.05) is 37.1 Å². The molecule has 3 rings (SSSR count). The summed E-state index contributed by atoms with van der Waals surface area (Å²) < 4.78 is 0. The highest BCUT2D eigenvalue weighted by molar-refractivity contribution is 7.99. The van der Waals surface area contributed by atoms with Gasteiger partial charge in [0.25, 0.3) is 0 Å². The molecule has 3 amide bonds. The Morgan fingerprint density at radius 2 is 1.78 bits per heavy atom. The third kappa shape index (κ3) is 17.0. The first-order valence-electron chi connectivity index (χ1n) is 15.2. The van der Waals surface area contributed by atoms with Crippen LogP contribution >= 0.6 is 11.8 Å². The largest absolute Gasteiger partial charge is 0.362 e. The molecule has 246 valence electrons. The molecule has 1 aliphatic heterocycles. The van der Waals surface area contributed by atoms with Gasteiger partial charge in [-0.3, -0.25) is 19.3 Å². The van der Waals surface area contributed by atoms with Crippen LogP contribution in [0.25, 0.3) is 0 Å². The number of carbonyl (C=O) groups excluding carboxylic acids is 3. The molecule has 3 N–H and O–H groups in total. The van der Waals surface area contributed by atoms with Crippen molar-refractivity contribution < 1.29 is 14.4 Å². The minimum Gasteiger partial charge on any atom is -0.362 e. The fourth-order valence-corrected chi connectivity index (χ4v) is 4.80. The van der Waals surface area contributed by atoms with Crippen LogP contribution in [0, 0.1) is 28.6 Å². The van der Waals surface area contributed by atoms with Crippen molar-refractivity contribution in [3.63, 3.8) is 0 Å². The number of thioether (sulfide) groups is 1. The van der Waals surface area contributed by atoms with E-state index >= 15 is 0 Å². The average Bonchev–Trinajstić information content (AvgIpc) is 3.06. The molecule has 0 aromatic heterocycles. The molecule has 0 bridgehead atoms. The van der Waals surface area contributed by atoms with E-state index in [4.69, 9.17) is 10.5 Å². The zero-order chi connectivity index (χ0) is 34.2. The molecule has 1 fully saturated rings. The second kappa shape index (κ2) is 23.8. The second-order valence-electron chi connectivity index (χ2n) is 10.4. The molecule has 0 spiro atoms. The van der Waals surface area contributed by atoms with Gasteiger partial charge in [-0.1, -0.05) is 43.0 Å². The maximum atomic E-state index is 12.3. The molecule has 0 aliphatic carbocycles. The van der Waals surface area contributed by atoms with Crippen LogP contribution < -0.4 is 16.0 Å². The lowest BCUT2D eigenvalue weighted by Crippen LogP contribution is -2.39. The van der Waals surface area contributed by atoms with Crippen molar-refractivity contribution in [3.8, 4) is 12.1 Å². The van der Waals surface area contributed by atoms with Gasteiger partial charge in [0.15, 0.2) is 0 Å². The van der Waals surface area contributed by atoms with Gasteiger partial charge in [0.2, 0.25) is 17.7 Å². The fourth-order valence-electron chi connectivity index (χ4n) is 4.46. The Morgan fingerprint density at radius 3 is 2.33 bits per heavy atom. The van der Waals surface area contributed by atoms with Crippen LogP contribution in [0.1, 0.15) is 39.2 Å². The van der Waals surface area contributed by atoms with E-state index in [1.54, 1.807) is 17.2 Å². The molecule has 1 unspecified atom stereocenters. The minimum absolute atomic E-state index is 0.0431. The van der Waals surface area contributed by atoms with Gasteiger partial charge < -0.3 is 20.9 Å². The second-order valence-corrected chi connectivity index (χ2v) is 11.6. The zero-order valence-electron chi connectivity index (χ0n) is 27.4. The van der Waals surface area contributed by atoms with Gasteiger partial charge in [-0.05, 0) is 88.3 Å². The lowest BCUT2D eigenvalue weighted by molar-refractivity contribution is -0.127. The van der Waals surface area contributed by atoms with Crippen LogP contribution in [-0.2, 0) is 20.8 Å². The Labute approximate surface area is 278 Å². The SMILES string of the molecule is C=CNc1cccc(NC(=O)CN2CCC(Cc3ccccc3)CC2)c1.CC(=O)NCC#N.CCN(/C=C\C#N)C(=O)C(C)SC. The van der Waals surface area contributed by atoms with E-state index in [0.717, 1.165) is 49.6 Å². The van der Waals surface area contributed by atoms with Crippen molar-refractivity contribution in [2.75, 3.05) is 49.6 Å². The van der Waals surface area contributed by atoms with E-state index in [-0.39, 0.29) is 29.5 Å². The normalized spacial score (nSPS) is 13.3. The van der Waals surface area contributed by atoms with Crippen LogP contribution in [0.3, 0.4) is 0 Å². The molecule has 10 nitrogen and oxygen atoms in total. The summed E-state index contributed by atoms with van der Waals surface area (Å²) in [6.45, 7) is 11.9. The first-order valence-corrected chi connectivity index (χ1v) is 16.5. The van der Waals surface area contributed by atoms with E-state index in [2.05, 4.69) is 57.8 Å². The first kappa shape index (κ1) is 39.4. The Kier molecular flexibility index (Phi) is 20.4. The predicted molar refractivity (Wildman–Crippen MR) is 188 cm³/mol. The number of anilines is 2. The predicted octanol–water partition coefficient (Wildman–Crippen LogP) is 5.40. The minimum atomic E-state index is -0.165. The van der Waals surface area contributed by atoms with Crippen LogP contribution in [0.2, 0.25) is 0 Å². The van der Waals surface area contributed by atoms with Gasteiger partial charge in [0.05, 0.1) is 23.9 Å². The Balaban J connectivity index is 0.000000441. The number of allylic oxidation sites excluding steroid dienone is 1. The van der Waals surface area contributed by atoms with Gasteiger partial charge in [0.1, 0.15) is 6.54 Å². The van der Waals surface area contributed by atoms with E-state index in [9.17, 15) is 14.4 Å². The molecular formula is C35H47N7O3S. The molecule has 1 aliphatic rings. The van der Waals surface area contributed by atoms with Gasteiger partial charge >= 0.3 is 0 Å². The maximum absolute atomic E-state index is 12.3. The van der Waals surface area contributed by atoms with Crippen molar-refractivity contribution >= 4 is 40.9 Å². The number of piperidine rings is 1. The zero-order valence-corrected chi connectivity index (χ0v) is 28.2. The summed E-state index contributed by atoms with van der Waals surface area (Å²) >= 11 is 1.50. The third-order valence-corrected chi connectivity index (χ3v) is 7.84. The highest BCUT2D eigenvalue weighted by atomic mass is 32.2. The Bertz CT molecular complexity index is 1330. The molecule has 0 saturated carbocycles. The van der Waals surface area contributed by atoms with Crippen LogP contribution in [0.4, 0.5) is 11.4 Å². The summed E-state index contributed by atoms with van der Waals surface area (Å²) in [4.78, 5) is 37.6. The lowest BCUT2D eigenvalue weighted by atomic mass is 9.90. The molecule has 2 aromatic carbocycles. The monoisotopic (exact) mass is 645 g/mol. The van der Waals surface area contributed by atoms with Gasteiger partial charge in [-0.2, -0.15) is 22.3 Å². The average molecular weight is 646 g/mol. The first-order chi connectivity index (χ1) is 22.2. The topological polar surface area (TPSA) is 141 Å². The molecule has 11 heteroatoms. The van der Waals surface area contributed by atoms with Crippen molar-refractivity contribution in [2.24, 2.45) is 5.92 Å². The molecule has 2 aromatic rings. The van der Waals surface area contributed by atoms with E-state index < -0.39 is 0 Å². The summed E-state index contributed by atoms with van der Waals surface area (Å²) in [6.07, 6.45) is 9.81. The van der Waals surface area contributed by atoms with Crippen molar-refractivity contribution in [3.05, 3.63) is 85.2 Å². The molecule has 1 atom stereocenters. The van der Waals surface area contributed by atoms with Gasteiger partial charge in [-0.15, -0.1) is 0 Å². The number of nitrogens with one attached hydrogen (secondary N) is 3. The van der Waals surface area contributed by atoms with Crippen molar-refractivity contribution in [2.45, 2.75) is 45.3 Å². The molecule has 1 saturated heterocycles. The van der Waals surface area contributed by atoms with Crippen molar-refractivity contribution in [1.82, 2.24) is 15.1 Å². The number of hydrogen-bond donors (Lipinski definition) is 3. The number of rotatable bonds is 12. The van der Waals surface area contributed by atoms with E-state index in [1.165, 1.54) is 36.5 Å². The number of likely N-dealkylation sites (tertiary alicyclic amines) is 1. The quantitative estimate of drug-likeness (QED) is 0.206. The summed E-state index contributed by atoms with van der Waals surface area (Å²) in [6, 6.07) is 22.0. The smallest absolute Gasteiger partial charge is 0.239 e. The summed E-state index contributed by atoms with van der Waals surface area (Å²) in [5.74, 6) is 0.642.